The molecule has 1 atom stereocenters. The summed E-state index contributed by atoms with van der Waals surface area (Å²) in [6, 6.07) is 11.7. The van der Waals surface area contributed by atoms with Gasteiger partial charge in [-0.05, 0) is 30.7 Å². The molecule has 0 bridgehead atoms. The molecule has 0 saturated heterocycles. The minimum atomic E-state index is -0.0129. The van der Waals surface area contributed by atoms with Crippen LogP contribution in [0.4, 0.5) is 5.69 Å². The fraction of sp³-hybridized carbons (Fsp3) is 0.312. The van der Waals surface area contributed by atoms with Crippen molar-refractivity contribution < 1.29 is 4.74 Å². The van der Waals surface area contributed by atoms with Gasteiger partial charge in [0.1, 0.15) is 11.5 Å². The first-order valence-electron chi connectivity index (χ1n) is 6.77. The molecule has 4 heteroatoms. The third kappa shape index (κ3) is 3.48. The monoisotopic (exact) mass is 271 g/mol. The largest absolute Gasteiger partial charge is 0.456 e. The highest BCUT2D eigenvalue weighted by Crippen LogP contribution is 2.25. The third-order valence-electron chi connectivity index (χ3n) is 3.15. The number of hydrogen-bond donors (Lipinski definition) is 1. The van der Waals surface area contributed by atoms with Crippen LogP contribution in [-0.4, -0.2) is 19.1 Å². The summed E-state index contributed by atoms with van der Waals surface area (Å²) >= 11 is 0. The summed E-state index contributed by atoms with van der Waals surface area (Å²) in [4.78, 5) is 6.38. The summed E-state index contributed by atoms with van der Waals surface area (Å²) in [5.74, 6) is 1.51. The molecule has 0 aliphatic rings. The lowest BCUT2D eigenvalue weighted by Gasteiger charge is -2.14. The highest BCUT2D eigenvalue weighted by Gasteiger charge is 2.05. The van der Waals surface area contributed by atoms with Crippen LogP contribution in [-0.2, 0) is 0 Å². The molecule has 1 aromatic carbocycles. The lowest BCUT2D eigenvalue weighted by molar-refractivity contribution is 0.479. The van der Waals surface area contributed by atoms with Gasteiger partial charge in [0.2, 0.25) is 0 Å². The van der Waals surface area contributed by atoms with E-state index in [-0.39, 0.29) is 6.04 Å². The Morgan fingerprint density at radius 3 is 2.60 bits per heavy atom. The zero-order valence-electron chi connectivity index (χ0n) is 12.2. The SMILES string of the molecule is CC[C@@H](N)c1ccc(Oc2cccc(N(C)C)c2)cn1. The van der Waals surface area contributed by atoms with Crippen molar-refractivity contribution in [2.45, 2.75) is 19.4 Å². The second-order valence-corrected chi connectivity index (χ2v) is 4.93. The van der Waals surface area contributed by atoms with Gasteiger partial charge in [-0.25, -0.2) is 0 Å². The number of pyridine rings is 1. The first kappa shape index (κ1) is 14.3. The van der Waals surface area contributed by atoms with Gasteiger partial charge in [-0.15, -0.1) is 0 Å². The highest BCUT2D eigenvalue weighted by molar-refractivity contribution is 5.50. The number of aromatic nitrogens is 1. The van der Waals surface area contributed by atoms with E-state index < -0.39 is 0 Å². The average Bonchev–Trinajstić information content (AvgIpc) is 2.47. The van der Waals surface area contributed by atoms with E-state index in [1.54, 1.807) is 6.20 Å². The zero-order chi connectivity index (χ0) is 14.5. The van der Waals surface area contributed by atoms with E-state index in [0.29, 0.717) is 5.75 Å². The van der Waals surface area contributed by atoms with Gasteiger partial charge in [-0.1, -0.05) is 13.0 Å². The van der Waals surface area contributed by atoms with Crippen molar-refractivity contribution >= 4 is 5.69 Å². The third-order valence-corrected chi connectivity index (χ3v) is 3.15. The molecule has 0 aliphatic carbocycles. The zero-order valence-corrected chi connectivity index (χ0v) is 12.2. The molecular formula is C16H21N3O. The molecule has 0 unspecified atom stereocenters. The van der Waals surface area contributed by atoms with Crippen LogP contribution in [0.2, 0.25) is 0 Å². The van der Waals surface area contributed by atoms with Crippen molar-refractivity contribution in [3.8, 4) is 11.5 Å². The van der Waals surface area contributed by atoms with E-state index in [1.165, 1.54) is 0 Å². The number of anilines is 1. The number of hydrogen-bond acceptors (Lipinski definition) is 4. The Kier molecular flexibility index (Phi) is 4.58. The summed E-state index contributed by atoms with van der Waals surface area (Å²) < 4.78 is 5.81. The van der Waals surface area contributed by atoms with Crippen molar-refractivity contribution in [3.63, 3.8) is 0 Å². The molecule has 2 aromatic rings. The number of ether oxygens (including phenoxy) is 1. The molecule has 0 aliphatic heterocycles. The molecule has 0 radical (unpaired) electrons. The van der Waals surface area contributed by atoms with Crippen LogP contribution in [0.5, 0.6) is 11.5 Å². The quantitative estimate of drug-likeness (QED) is 0.906. The summed E-state index contributed by atoms with van der Waals surface area (Å²) in [7, 11) is 4.00. The maximum atomic E-state index is 5.94. The smallest absolute Gasteiger partial charge is 0.145 e. The van der Waals surface area contributed by atoms with Crippen LogP contribution >= 0.6 is 0 Å². The molecule has 20 heavy (non-hydrogen) atoms. The molecule has 106 valence electrons. The van der Waals surface area contributed by atoms with Gasteiger partial charge in [-0.3, -0.25) is 4.98 Å². The van der Waals surface area contributed by atoms with Crippen molar-refractivity contribution in [1.29, 1.82) is 0 Å². The van der Waals surface area contributed by atoms with Crippen LogP contribution in [0, 0.1) is 0 Å². The fourth-order valence-corrected chi connectivity index (χ4v) is 1.84. The predicted molar refractivity (Wildman–Crippen MR) is 82.3 cm³/mol. The van der Waals surface area contributed by atoms with Gasteiger partial charge in [-0.2, -0.15) is 0 Å². The van der Waals surface area contributed by atoms with E-state index in [9.17, 15) is 0 Å². The lowest BCUT2D eigenvalue weighted by atomic mass is 10.1. The van der Waals surface area contributed by atoms with Crippen LogP contribution in [0.1, 0.15) is 25.1 Å². The molecule has 2 N–H and O–H groups in total. The molecule has 0 saturated carbocycles. The van der Waals surface area contributed by atoms with Crippen LogP contribution in [0.25, 0.3) is 0 Å². The summed E-state index contributed by atoms with van der Waals surface area (Å²) in [6.07, 6.45) is 2.59. The van der Waals surface area contributed by atoms with Gasteiger partial charge in [0.05, 0.1) is 11.9 Å². The Balaban J connectivity index is 2.12. The maximum Gasteiger partial charge on any atom is 0.145 e. The van der Waals surface area contributed by atoms with Gasteiger partial charge < -0.3 is 15.4 Å². The molecular weight excluding hydrogens is 250 g/mol. The Morgan fingerprint density at radius 1 is 1.20 bits per heavy atom. The van der Waals surface area contributed by atoms with Gasteiger partial charge in [0.15, 0.2) is 0 Å². The normalized spacial score (nSPS) is 12.0. The standard InChI is InChI=1S/C16H21N3O/c1-4-15(17)16-9-8-14(11-18-16)20-13-7-5-6-12(10-13)19(2)3/h5-11,15H,4,17H2,1-3H3/t15-/m1/s1. The van der Waals surface area contributed by atoms with Crippen molar-refractivity contribution in [1.82, 2.24) is 4.98 Å². The molecule has 0 spiro atoms. The summed E-state index contributed by atoms with van der Waals surface area (Å²) in [5.41, 5.74) is 7.93. The Labute approximate surface area is 120 Å². The molecule has 4 nitrogen and oxygen atoms in total. The number of benzene rings is 1. The van der Waals surface area contributed by atoms with E-state index >= 15 is 0 Å². The van der Waals surface area contributed by atoms with E-state index in [1.807, 2.05) is 62.3 Å². The fourth-order valence-electron chi connectivity index (χ4n) is 1.84. The maximum absolute atomic E-state index is 5.94. The first-order valence-corrected chi connectivity index (χ1v) is 6.77. The van der Waals surface area contributed by atoms with E-state index in [0.717, 1.165) is 23.6 Å². The predicted octanol–water partition coefficient (Wildman–Crippen LogP) is 3.35. The van der Waals surface area contributed by atoms with Crippen LogP contribution < -0.4 is 15.4 Å². The molecule has 1 heterocycles. The topological polar surface area (TPSA) is 51.4 Å². The summed E-state index contributed by atoms with van der Waals surface area (Å²) in [5, 5.41) is 0. The molecule has 0 amide bonds. The Morgan fingerprint density at radius 2 is 2.00 bits per heavy atom. The van der Waals surface area contributed by atoms with E-state index in [4.69, 9.17) is 10.5 Å². The molecule has 2 rings (SSSR count). The van der Waals surface area contributed by atoms with Crippen molar-refractivity contribution in [3.05, 3.63) is 48.3 Å². The average molecular weight is 271 g/mol. The second-order valence-electron chi connectivity index (χ2n) is 4.93. The lowest BCUT2D eigenvalue weighted by Crippen LogP contribution is -2.10. The van der Waals surface area contributed by atoms with Crippen LogP contribution in [0.3, 0.4) is 0 Å². The minimum Gasteiger partial charge on any atom is -0.456 e. The second kappa shape index (κ2) is 6.39. The number of rotatable bonds is 5. The van der Waals surface area contributed by atoms with Crippen LogP contribution in [0.15, 0.2) is 42.6 Å². The van der Waals surface area contributed by atoms with E-state index in [2.05, 4.69) is 4.98 Å². The summed E-state index contributed by atoms with van der Waals surface area (Å²) in [6.45, 7) is 2.05. The van der Waals surface area contributed by atoms with Gasteiger partial charge in [0, 0.05) is 31.9 Å². The number of nitrogens with two attached hydrogens (primary N) is 1. The first-order chi connectivity index (χ1) is 9.60. The van der Waals surface area contributed by atoms with Gasteiger partial charge in [0.25, 0.3) is 0 Å². The molecule has 0 fully saturated rings. The highest BCUT2D eigenvalue weighted by atomic mass is 16.5. The Bertz CT molecular complexity index is 552. The minimum absolute atomic E-state index is 0.0129. The van der Waals surface area contributed by atoms with Crippen molar-refractivity contribution in [2.75, 3.05) is 19.0 Å². The van der Waals surface area contributed by atoms with Gasteiger partial charge >= 0.3 is 0 Å². The Hall–Kier alpha value is -2.07. The molecule has 1 aromatic heterocycles. The number of nitrogens with zero attached hydrogens (tertiary/aromatic N) is 2. The van der Waals surface area contributed by atoms with Crippen molar-refractivity contribution in [2.24, 2.45) is 5.73 Å².